The average Bonchev–Trinajstić information content (AvgIpc) is 2.41. The van der Waals surface area contributed by atoms with Crippen LogP contribution in [-0.4, -0.2) is 16.6 Å². The van der Waals surface area contributed by atoms with Gasteiger partial charge in [-0.25, -0.2) is 4.98 Å². The lowest BCUT2D eigenvalue weighted by Gasteiger charge is -2.08. The summed E-state index contributed by atoms with van der Waals surface area (Å²) in [5.74, 6) is 0.265. The molecule has 1 aromatic carbocycles. The number of nitrogen functional groups attached to an aromatic ring is 1. The summed E-state index contributed by atoms with van der Waals surface area (Å²) in [7, 11) is 0. The number of aromatic nitrogens is 1. The fourth-order valence-electron chi connectivity index (χ4n) is 1.47. The standard InChI is InChI=1S/C13H10BrCl2N3OS/c14-7-1-2-11(10(17)3-7)21-6-12(20)19-13-9(16)4-8(15)5-18-13/h1-5H,6,17H2,(H,18,19,20). The first-order valence-electron chi connectivity index (χ1n) is 5.74. The second-order valence-electron chi connectivity index (χ2n) is 4.00. The molecule has 8 heteroatoms. The van der Waals surface area contributed by atoms with Gasteiger partial charge in [0.15, 0.2) is 5.82 Å². The number of thioether (sulfide) groups is 1. The molecule has 0 aliphatic rings. The Morgan fingerprint density at radius 2 is 2.14 bits per heavy atom. The van der Waals surface area contributed by atoms with Crippen LogP contribution in [-0.2, 0) is 4.79 Å². The molecule has 0 saturated heterocycles. The van der Waals surface area contributed by atoms with Crippen molar-refractivity contribution in [1.29, 1.82) is 0 Å². The third-order valence-electron chi connectivity index (χ3n) is 2.40. The quantitative estimate of drug-likeness (QED) is 0.580. The number of nitrogens with one attached hydrogen (secondary N) is 1. The van der Waals surface area contributed by atoms with Gasteiger partial charge in [0.05, 0.1) is 15.8 Å². The Balaban J connectivity index is 1.96. The molecule has 4 nitrogen and oxygen atoms in total. The van der Waals surface area contributed by atoms with Crippen LogP contribution in [0.5, 0.6) is 0 Å². The SMILES string of the molecule is Nc1cc(Br)ccc1SCC(=O)Nc1ncc(Cl)cc1Cl. The fraction of sp³-hybridized carbons (Fsp3) is 0.0769. The molecule has 2 aromatic rings. The lowest BCUT2D eigenvalue weighted by Crippen LogP contribution is -2.15. The van der Waals surface area contributed by atoms with E-state index in [0.717, 1.165) is 9.37 Å². The van der Waals surface area contributed by atoms with Gasteiger partial charge in [0.2, 0.25) is 5.91 Å². The van der Waals surface area contributed by atoms with Crippen LogP contribution < -0.4 is 11.1 Å². The lowest BCUT2D eigenvalue weighted by molar-refractivity contribution is -0.113. The first-order valence-corrected chi connectivity index (χ1v) is 8.28. The van der Waals surface area contributed by atoms with E-state index >= 15 is 0 Å². The number of hydrogen-bond acceptors (Lipinski definition) is 4. The topological polar surface area (TPSA) is 68.0 Å². The number of pyridine rings is 1. The van der Waals surface area contributed by atoms with E-state index in [9.17, 15) is 4.79 Å². The van der Waals surface area contributed by atoms with E-state index in [1.807, 2.05) is 12.1 Å². The number of nitrogens with two attached hydrogens (primary N) is 1. The zero-order valence-electron chi connectivity index (χ0n) is 10.6. The maximum Gasteiger partial charge on any atom is 0.235 e. The number of anilines is 2. The maximum absolute atomic E-state index is 11.9. The molecule has 1 amide bonds. The smallest absolute Gasteiger partial charge is 0.235 e. The Kier molecular flexibility index (Phi) is 5.75. The molecule has 0 aliphatic carbocycles. The van der Waals surface area contributed by atoms with Crippen molar-refractivity contribution in [3.63, 3.8) is 0 Å². The monoisotopic (exact) mass is 405 g/mol. The predicted molar refractivity (Wildman–Crippen MR) is 92.2 cm³/mol. The van der Waals surface area contributed by atoms with Gasteiger partial charge in [-0.15, -0.1) is 11.8 Å². The molecule has 0 fully saturated rings. The molecule has 3 N–H and O–H groups in total. The molecule has 0 bridgehead atoms. The van der Waals surface area contributed by atoms with Crippen LogP contribution >= 0.6 is 50.9 Å². The Bertz CT molecular complexity index is 684. The highest BCUT2D eigenvalue weighted by molar-refractivity contribution is 9.10. The van der Waals surface area contributed by atoms with E-state index in [1.165, 1.54) is 24.0 Å². The first-order chi connectivity index (χ1) is 9.95. The highest BCUT2D eigenvalue weighted by atomic mass is 79.9. The highest BCUT2D eigenvalue weighted by Gasteiger charge is 2.09. The molecule has 0 spiro atoms. The number of benzene rings is 1. The predicted octanol–water partition coefficient (Wildman–Crippen LogP) is 4.46. The van der Waals surface area contributed by atoms with Crippen molar-refractivity contribution in [2.45, 2.75) is 4.90 Å². The number of halogens is 3. The van der Waals surface area contributed by atoms with Gasteiger partial charge in [-0.2, -0.15) is 0 Å². The van der Waals surface area contributed by atoms with Gasteiger partial charge >= 0.3 is 0 Å². The lowest BCUT2D eigenvalue weighted by atomic mass is 10.3. The number of rotatable bonds is 4. The molecule has 110 valence electrons. The minimum Gasteiger partial charge on any atom is -0.398 e. The van der Waals surface area contributed by atoms with Crippen molar-refractivity contribution in [2.75, 3.05) is 16.8 Å². The minimum absolute atomic E-state index is 0.201. The Morgan fingerprint density at radius 1 is 1.38 bits per heavy atom. The van der Waals surface area contributed by atoms with Gasteiger partial charge in [0.1, 0.15) is 0 Å². The highest BCUT2D eigenvalue weighted by Crippen LogP contribution is 2.28. The number of nitrogens with zero attached hydrogens (tertiary/aromatic N) is 1. The van der Waals surface area contributed by atoms with Crippen LogP contribution in [0.25, 0.3) is 0 Å². The molecule has 2 rings (SSSR count). The molecule has 1 aromatic heterocycles. The molecular weight excluding hydrogens is 397 g/mol. The summed E-state index contributed by atoms with van der Waals surface area (Å²) in [6, 6.07) is 7.03. The van der Waals surface area contributed by atoms with Crippen molar-refractivity contribution in [2.24, 2.45) is 0 Å². The average molecular weight is 407 g/mol. The summed E-state index contributed by atoms with van der Waals surface area (Å²) in [4.78, 5) is 16.7. The van der Waals surface area contributed by atoms with E-state index in [1.54, 1.807) is 6.07 Å². The van der Waals surface area contributed by atoms with E-state index in [-0.39, 0.29) is 17.5 Å². The second-order valence-corrected chi connectivity index (χ2v) is 6.78. The van der Waals surface area contributed by atoms with Crippen LogP contribution in [0.1, 0.15) is 0 Å². The summed E-state index contributed by atoms with van der Waals surface area (Å²) in [6.45, 7) is 0. The number of hydrogen-bond donors (Lipinski definition) is 2. The van der Waals surface area contributed by atoms with Crippen LogP contribution in [0.2, 0.25) is 10.0 Å². The van der Waals surface area contributed by atoms with Gasteiger partial charge in [-0.3, -0.25) is 4.79 Å². The fourth-order valence-corrected chi connectivity index (χ4v) is 3.02. The van der Waals surface area contributed by atoms with Crippen molar-refractivity contribution < 1.29 is 4.79 Å². The number of amides is 1. The zero-order chi connectivity index (χ0) is 15.4. The summed E-state index contributed by atoms with van der Waals surface area (Å²) >= 11 is 16.4. The van der Waals surface area contributed by atoms with Crippen LogP contribution in [0.4, 0.5) is 11.5 Å². The van der Waals surface area contributed by atoms with Gasteiger partial charge in [-0.05, 0) is 24.3 Å². The van der Waals surface area contributed by atoms with Gasteiger partial charge in [0.25, 0.3) is 0 Å². The molecular formula is C13H10BrCl2N3OS. The molecule has 0 radical (unpaired) electrons. The van der Waals surface area contributed by atoms with Crippen molar-refractivity contribution in [1.82, 2.24) is 4.98 Å². The first kappa shape index (κ1) is 16.4. The number of carbonyl (C=O) groups excluding carboxylic acids is 1. The van der Waals surface area contributed by atoms with Crippen molar-refractivity contribution in [3.8, 4) is 0 Å². The number of carbonyl (C=O) groups is 1. The Morgan fingerprint density at radius 3 is 2.81 bits per heavy atom. The summed E-state index contributed by atoms with van der Waals surface area (Å²) in [6.07, 6.45) is 1.42. The van der Waals surface area contributed by atoms with Crippen LogP contribution in [0.3, 0.4) is 0 Å². The molecule has 0 unspecified atom stereocenters. The van der Waals surface area contributed by atoms with Crippen molar-refractivity contribution in [3.05, 3.63) is 45.0 Å². The molecule has 0 aliphatic heterocycles. The van der Waals surface area contributed by atoms with E-state index < -0.39 is 0 Å². The minimum atomic E-state index is -0.223. The van der Waals surface area contributed by atoms with Crippen LogP contribution in [0.15, 0.2) is 39.8 Å². The van der Waals surface area contributed by atoms with Gasteiger partial charge in [0, 0.05) is 21.3 Å². The van der Waals surface area contributed by atoms with E-state index in [4.69, 9.17) is 28.9 Å². The normalized spacial score (nSPS) is 10.4. The van der Waals surface area contributed by atoms with E-state index in [0.29, 0.717) is 15.7 Å². The molecule has 0 saturated carbocycles. The van der Waals surface area contributed by atoms with Crippen molar-refractivity contribution >= 4 is 68.3 Å². The largest absolute Gasteiger partial charge is 0.398 e. The third-order valence-corrected chi connectivity index (χ3v) is 4.47. The third kappa shape index (κ3) is 4.78. The summed E-state index contributed by atoms with van der Waals surface area (Å²) in [5, 5.41) is 3.33. The summed E-state index contributed by atoms with van der Waals surface area (Å²) < 4.78 is 0.894. The van der Waals surface area contributed by atoms with E-state index in [2.05, 4.69) is 26.2 Å². The molecule has 1 heterocycles. The Labute approximate surface area is 144 Å². The van der Waals surface area contributed by atoms with Gasteiger partial charge in [-0.1, -0.05) is 39.1 Å². The maximum atomic E-state index is 11.9. The zero-order valence-corrected chi connectivity index (χ0v) is 14.5. The second kappa shape index (κ2) is 7.35. The molecule has 21 heavy (non-hydrogen) atoms. The Hall–Kier alpha value is -0.950. The summed E-state index contributed by atoms with van der Waals surface area (Å²) in [5.41, 5.74) is 6.49. The van der Waals surface area contributed by atoms with Crippen LogP contribution in [0, 0.1) is 0 Å². The molecule has 0 atom stereocenters. The van der Waals surface area contributed by atoms with Gasteiger partial charge < -0.3 is 11.1 Å².